The van der Waals surface area contributed by atoms with E-state index in [0.29, 0.717) is 0 Å². The highest BCUT2D eigenvalue weighted by molar-refractivity contribution is 5.78. The Kier molecular flexibility index (Phi) is 2.49. The molecule has 1 heteroatoms. The molecule has 3 rings (SSSR count). The van der Waals surface area contributed by atoms with Crippen LogP contribution in [0.4, 0.5) is 0 Å². The Bertz CT molecular complexity index is 557. The Morgan fingerprint density at radius 2 is 1.82 bits per heavy atom. The summed E-state index contributed by atoms with van der Waals surface area (Å²) in [4.78, 5) is 0. The van der Waals surface area contributed by atoms with Gasteiger partial charge in [-0.3, -0.25) is 0 Å². The largest absolute Gasteiger partial charge is 0.324 e. The zero-order valence-electron chi connectivity index (χ0n) is 10.1. The number of fused-ring (bicyclic) bond motifs is 3. The fourth-order valence-corrected chi connectivity index (χ4v) is 2.75. The van der Waals surface area contributed by atoms with Crippen molar-refractivity contribution >= 4 is 0 Å². The zero-order valence-corrected chi connectivity index (χ0v) is 10.1. The third kappa shape index (κ3) is 1.58. The number of rotatable bonds is 2. The van der Waals surface area contributed by atoms with Gasteiger partial charge in [0, 0.05) is 6.04 Å². The maximum Gasteiger partial charge on any atom is 0.0295 e. The maximum absolute atomic E-state index is 6.20. The normalized spacial score (nSPS) is 14.2. The molecule has 1 aliphatic rings. The van der Waals surface area contributed by atoms with Crippen molar-refractivity contribution in [3.63, 3.8) is 0 Å². The summed E-state index contributed by atoms with van der Waals surface area (Å²) >= 11 is 0. The van der Waals surface area contributed by atoms with Crippen LogP contribution in [0.3, 0.4) is 0 Å². The van der Waals surface area contributed by atoms with E-state index >= 15 is 0 Å². The molecular weight excluding hydrogens is 206 g/mol. The molecule has 2 aromatic carbocycles. The third-order valence-corrected chi connectivity index (χ3v) is 3.73. The van der Waals surface area contributed by atoms with E-state index in [1.54, 1.807) is 0 Å². The average Bonchev–Trinajstić information content (AvgIpc) is 2.76. The number of hydrogen-bond donors (Lipinski definition) is 1. The molecule has 0 saturated heterocycles. The van der Waals surface area contributed by atoms with Crippen molar-refractivity contribution in [2.24, 2.45) is 5.73 Å². The summed E-state index contributed by atoms with van der Waals surface area (Å²) in [6.07, 6.45) is 2.03. The molecule has 0 aliphatic heterocycles. The highest BCUT2D eigenvalue weighted by Gasteiger charge is 2.21. The molecule has 0 fully saturated rings. The van der Waals surface area contributed by atoms with Crippen molar-refractivity contribution in [3.8, 4) is 11.1 Å². The first kappa shape index (κ1) is 10.5. The van der Waals surface area contributed by atoms with E-state index < -0.39 is 0 Å². The van der Waals surface area contributed by atoms with Crippen molar-refractivity contribution in [3.05, 3.63) is 59.2 Å². The first-order valence-electron chi connectivity index (χ1n) is 6.27. The predicted molar refractivity (Wildman–Crippen MR) is 71.9 cm³/mol. The summed E-state index contributed by atoms with van der Waals surface area (Å²) in [5.41, 5.74) is 13.1. The van der Waals surface area contributed by atoms with E-state index in [2.05, 4.69) is 49.4 Å². The molecule has 0 spiro atoms. The lowest BCUT2D eigenvalue weighted by atomic mass is 9.95. The van der Waals surface area contributed by atoms with Crippen LogP contribution in [-0.4, -0.2) is 0 Å². The quantitative estimate of drug-likeness (QED) is 0.705. The second-order valence-electron chi connectivity index (χ2n) is 4.72. The van der Waals surface area contributed by atoms with Gasteiger partial charge in [0.1, 0.15) is 0 Å². The van der Waals surface area contributed by atoms with E-state index in [9.17, 15) is 0 Å². The van der Waals surface area contributed by atoms with Crippen molar-refractivity contribution in [1.29, 1.82) is 0 Å². The molecular formula is C16H17N. The van der Waals surface area contributed by atoms with Gasteiger partial charge < -0.3 is 5.73 Å². The summed E-state index contributed by atoms with van der Waals surface area (Å²) in [7, 11) is 0. The minimum atomic E-state index is 0.166. The van der Waals surface area contributed by atoms with Crippen molar-refractivity contribution in [1.82, 2.24) is 0 Å². The summed E-state index contributed by atoms with van der Waals surface area (Å²) in [5.74, 6) is 0. The molecule has 17 heavy (non-hydrogen) atoms. The summed E-state index contributed by atoms with van der Waals surface area (Å²) < 4.78 is 0. The van der Waals surface area contributed by atoms with Crippen molar-refractivity contribution in [2.75, 3.05) is 0 Å². The van der Waals surface area contributed by atoms with Crippen LogP contribution >= 0.6 is 0 Å². The molecule has 2 aromatic rings. The summed E-state index contributed by atoms with van der Waals surface area (Å²) in [6, 6.07) is 15.3. The van der Waals surface area contributed by atoms with Crippen LogP contribution in [0, 0.1) is 0 Å². The van der Waals surface area contributed by atoms with Gasteiger partial charge in [-0.05, 0) is 40.7 Å². The second-order valence-corrected chi connectivity index (χ2v) is 4.72. The lowest BCUT2D eigenvalue weighted by molar-refractivity contribution is 0.692. The number of nitrogens with two attached hydrogens (primary N) is 1. The predicted octanol–water partition coefficient (Wildman–Crippen LogP) is 3.67. The van der Waals surface area contributed by atoms with Gasteiger partial charge in [-0.1, -0.05) is 49.4 Å². The molecule has 1 nitrogen and oxygen atoms in total. The second kappa shape index (κ2) is 4.01. The molecule has 0 radical (unpaired) electrons. The van der Waals surface area contributed by atoms with Gasteiger partial charge in [-0.2, -0.15) is 0 Å². The minimum absolute atomic E-state index is 0.166. The Morgan fingerprint density at radius 1 is 1.06 bits per heavy atom. The van der Waals surface area contributed by atoms with Gasteiger partial charge in [0.05, 0.1) is 0 Å². The van der Waals surface area contributed by atoms with Gasteiger partial charge in [-0.15, -0.1) is 0 Å². The maximum atomic E-state index is 6.20. The molecule has 0 aromatic heterocycles. The molecule has 1 unspecified atom stereocenters. The van der Waals surface area contributed by atoms with Gasteiger partial charge in [-0.25, -0.2) is 0 Å². The molecule has 86 valence electrons. The van der Waals surface area contributed by atoms with Gasteiger partial charge in [0.25, 0.3) is 0 Å². The first-order valence-corrected chi connectivity index (χ1v) is 6.27. The topological polar surface area (TPSA) is 26.0 Å². The van der Waals surface area contributed by atoms with Gasteiger partial charge >= 0.3 is 0 Å². The molecule has 0 saturated carbocycles. The molecule has 0 heterocycles. The lowest BCUT2D eigenvalue weighted by Crippen LogP contribution is -2.11. The van der Waals surface area contributed by atoms with E-state index in [4.69, 9.17) is 5.73 Å². The Balaban J connectivity index is 2.17. The molecule has 0 bridgehead atoms. The van der Waals surface area contributed by atoms with Crippen LogP contribution < -0.4 is 5.73 Å². The van der Waals surface area contributed by atoms with Crippen LogP contribution in [-0.2, 0) is 6.42 Å². The molecule has 1 atom stereocenters. The van der Waals surface area contributed by atoms with Crippen molar-refractivity contribution in [2.45, 2.75) is 25.8 Å². The third-order valence-electron chi connectivity index (χ3n) is 3.73. The van der Waals surface area contributed by atoms with Gasteiger partial charge in [0.15, 0.2) is 0 Å². The molecule has 0 amide bonds. The Morgan fingerprint density at radius 3 is 2.65 bits per heavy atom. The highest BCUT2D eigenvalue weighted by Crippen LogP contribution is 2.39. The van der Waals surface area contributed by atoms with Crippen molar-refractivity contribution < 1.29 is 0 Å². The van der Waals surface area contributed by atoms with E-state index in [1.165, 1.54) is 27.8 Å². The van der Waals surface area contributed by atoms with E-state index in [-0.39, 0.29) is 6.04 Å². The minimum Gasteiger partial charge on any atom is -0.324 e. The number of hydrogen-bond acceptors (Lipinski definition) is 1. The van der Waals surface area contributed by atoms with Gasteiger partial charge in [0.2, 0.25) is 0 Å². The zero-order chi connectivity index (χ0) is 11.8. The standard InChI is InChI=1S/C16H17N/c1-2-16(17)14-9-5-8-13-12-7-4-3-6-11(12)10-15(13)14/h3-9,16H,2,10,17H2,1H3. The van der Waals surface area contributed by atoms with Crippen LogP contribution in [0.5, 0.6) is 0 Å². The highest BCUT2D eigenvalue weighted by atomic mass is 14.6. The van der Waals surface area contributed by atoms with E-state index in [1.807, 2.05) is 0 Å². The fraction of sp³-hybridized carbons (Fsp3) is 0.250. The SMILES string of the molecule is CCC(N)c1cccc2c1Cc1ccccc1-2. The fourth-order valence-electron chi connectivity index (χ4n) is 2.75. The van der Waals surface area contributed by atoms with Crippen LogP contribution in [0.2, 0.25) is 0 Å². The first-order chi connectivity index (χ1) is 8.31. The lowest BCUT2D eigenvalue weighted by Gasteiger charge is -2.14. The van der Waals surface area contributed by atoms with Crippen LogP contribution in [0.25, 0.3) is 11.1 Å². The molecule has 1 aliphatic carbocycles. The van der Waals surface area contributed by atoms with Crippen LogP contribution in [0.1, 0.15) is 36.1 Å². The molecule has 2 N–H and O–H groups in total. The van der Waals surface area contributed by atoms with E-state index in [0.717, 1.165) is 12.8 Å². The summed E-state index contributed by atoms with van der Waals surface area (Å²) in [6.45, 7) is 2.14. The Hall–Kier alpha value is -1.60. The summed E-state index contributed by atoms with van der Waals surface area (Å²) in [5, 5.41) is 0. The smallest absolute Gasteiger partial charge is 0.0295 e. The number of benzene rings is 2. The average molecular weight is 223 g/mol. The van der Waals surface area contributed by atoms with Crippen LogP contribution in [0.15, 0.2) is 42.5 Å². The Labute approximate surface area is 102 Å². The monoisotopic (exact) mass is 223 g/mol.